The normalized spacial score (nSPS) is 16.5. The molecule has 0 aromatic carbocycles. The molecule has 2 aromatic rings. The van der Waals surface area contributed by atoms with Gasteiger partial charge in [0.15, 0.2) is 5.03 Å². The lowest BCUT2D eigenvalue weighted by molar-refractivity contribution is 0.0752. The van der Waals surface area contributed by atoms with Gasteiger partial charge in [-0.25, -0.2) is 18.2 Å². The highest BCUT2D eigenvalue weighted by Gasteiger charge is 2.39. The second-order valence-electron chi connectivity index (χ2n) is 5.16. The van der Waals surface area contributed by atoms with Gasteiger partial charge in [-0.05, 0) is 6.92 Å². The van der Waals surface area contributed by atoms with Crippen LogP contribution in [0, 0.1) is 6.92 Å². The number of imidazole rings is 1. The highest BCUT2D eigenvalue weighted by atomic mass is 32.2. The number of aryl methyl sites for hydroxylation is 2. The summed E-state index contributed by atoms with van der Waals surface area (Å²) in [5.41, 5.74) is -0.493. The summed E-state index contributed by atoms with van der Waals surface area (Å²) in [6.07, 6.45) is 2.60. The van der Waals surface area contributed by atoms with E-state index in [9.17, 15) is 13.2 Å². The smallest absolute Gasteiger partial charge is 0.339 e. The van der Waals surface area contributed by atoms with Gasteiger partial charge in [0.1, 0.15) is 17.6 Å². The van der Waals surface area contributed by atoms with Crippen LogP contribution < -0.4 is 10.4 Å². The maximum absolute atomic E-state index is 12.3. The van der Waals surface area contributed by atoms with Crippen LogP contribution in [0.5, 0.6) is 5.75 Å². The molecular formula is C13H15N3O5S. The summed E-state index contributed by atoms with van der Waals surface area (Å²) < 4.78 is 37.8. The maximum atomic E-state index is 12.3. The van der Waals surface area contributed by atoms with Gasteiger partial charge in [0, 0.05) is 19.3 Å². The highest BCUT2D eigenvalue weighted by Crippen LogP contribution is 2.23. The van der Waals surface area contributed by atoms with Crippen LogP contribution in [0.15, 0.2) is 38.9 Å². The molecule has 0 unspecified atom stereocenters. The molecule has 1 fully saturated rings. The van der Waals surface area contributed by atoms with Crippen molar-refractivity contribution in [3.8, 4) is 5.75 Å². The third-order valence-corrected chi connectivity index (χ3v) is 4.99. The summed E-state index contributed by atoms with van der Waals surface area (Å²) in [4.78, 5) is 15.1. The van der Waals surface area contributed by atoms with E-state index in [4.69, 9.17) is 9.15 Å². The molecule has 0 atom stereocenters. The van der Waals surface area contributed by atoms with E-state index in [1.165, 1.54) is 22.9 Å². The lowest BCUT2D eigenvalue weighted by Gasteiger charge is -2.37. The molecule has 0 N–H and O–H groups in total. The fourth-order valence-corrected chi connectivity index (χ4v) is 3.63. The summed E-state index contributed by atoms with van der Waals surface area (Å²) in [5.74, 6) is 0.827. The van der Waals surface area contributed by atoms with Crippen molar-refractivity contribution in [2.24, 2.45) is 7.05 Å². The van der Waals surface area contributed by atoms with Crippen LogP contribution in [-0.4, -0.2) is 41.5 Å². The molecule has 0 saturated carbocycles. The lowest BCUT2D eigenvalue weighted by Crippen LogP contribution is -2.56. The fraction of sp³-hybridized carbons (Fsp3) is 0.385. The van der Waals surface area contributed by atoms with Crippen LogP contribution in [0.25, 0.3) is 0 Å². The quantitative estimate of drug-likeness (QED) is 0.793. The third kappa shape index (κ3) is 2.77. The van der Waals surface area contributed by atoms with Crippen LogP contribution >= 0.6 is 0 Å². The van der Waals surface area contributed by atoms with E-state index >= 15 is 0 Å². The Kier molecular flexibility index (Phi) is 3.53. The zero-order valence-corrected chi connectivity index (χ0v) is 12.9. The maximum Gasteiger partial charge on any atom is 0.339 e. The van der Waals surface area contributed by atoms with Crippen molar-refractivity contribution in [2.75, 3.05) is 13.1 Å². The zero-order chi connectivity index (χ0) is 15.9. The first kappa shape index (κ1) is 14.8. The van der Waals surface area contributed by atoms with Gasteiger partial charge in [0.2, 0.25) is 0 Å². The molecule has 3 heterocycles. The van der Waals surface area contributed by atoms with Crippen molar-refractivity contribution in [3.05, 3.63) is 40.8 Å². The number of rotatable bonds is 4. The monoisotopic (exact) mass is 325 g/mol. The number of hydrogen-bond acceptors (Lipinski definition) is 6. The minimum Gasteiger partial charge on any atom is -0.487 e. The van der Waals surface area contributed by atoms with E-state index in [2.05, 4.69) is 4.98 Å². The minimum atomic E-state index is -3.58. The molecule has 3 rings (SSSR count). The first-order chi connectivity index (χ1) is 10.3. The van der Waals surface area contributed by atoms with Crippen molar-refractivity contribution in [1.29, 1.82) is 0 Å². The second-order valence-corrected chi connectivity index (χ2v) is 7.05. The van der Waals surface area contributed by atoms with Crippen LogP contribution in [0.4, 0.5) is 0 Å². The zero-order valence-electron chi connectivity index (χ0n) is 12.1. The SMILES string of the molecule is Cc1cc(OC2CN(S(=O)(=O)c3cn(C)cn3)C2)cc(=O)o1. The van der Waals surface area contributed by atoms with E-state index in [1.807, 2.05) is 0 Å². The van der Waals surface area contributed by atoms with Crippen molar-refractivity contribution in [3.63, 3.8) is 0 Å². The largest absolute Gasteiger partial charge is 0.487 e. The average molecular weight is 325 g/mol. The van der Waals surface area contributed by atoms with E-state index in [1.54, 1.807) is 24.6 Å². The molecule has 1 aliphatic heterocycles. The third-order valence-electron chi connectivity index (χ3n) is 3.27. The number of hydrogen-bond donors (Lipinski definition) is 0. The Morgan fingerprint density at radius 3 is 2.68 bits per heavy atom. The highest BCUT2D eigenvalue weighted by molar-refractivity contribution is 7.89. The molecule has 22 heavy (non-hydrogen) atoms. The molecule has 2 aromatic heterocycles. The Hall–Kier alpha value is -2.13. The van der Waals surface area contributed by atoms with E-state index in [0.29, 0.717) is 11.5 Å². The molecule has 1 aliphatic rings. The Bertz CT molecular complexity index is 849. The minimum absolute atomic E-state index is 0.0182. The van der Waals surface area contributed by atoms with E-state index < -0.39 is 15.6 Å². The van der Waals surface area contributed by atoms with Gasteiger partial charge in [-0.2, -0.15) is 4.31 Å². The van der Waals surface area contributed by atoms with Crippen molar-refractivity contribution < 1.29 is 17.6 Å². The number of aromatic nitrogens is 2. The molecule has 118 valence electrons. The number of ether oxygens (including phenoxy) is 1. The standard InChI is InChI=1S/C13H15N3O5S/c1-9-3-10(4-13(17)20-9)21-11-5-16(6-11)22(18,19)12-7-15(2)8-14-12/h3-4,7-8,11H,5-6H2,1-2H3. The summed E-state index contributed by atoms with van der Waals surface area (Å²) in [6.45, 7) is 2.09. The summed E-state index contributed by atoms with van der Waals surface area (Å²) >= 11 is 0. The average Bonchev–Trinajstić information content (AvgIpc) is 2.79. The molecule has 0 spiro atoms. The van der Waals surface area contributed by atoms with Crippen molar-refractivity contribution in [1.82, 2.24) is 13.9 Å². The van der Waals surface area contributed by atoms with E-state index in [0.717, 1.165) is 0 Å². The van der Waals surface area contributed by atoms with Crippen molar-refractivity contribution >= 4 is 10.0 Å². The molecular weight excluding hydrogens is 310 g/mol. The topological polar surface area (TPSA) is 94.6 Å². The molecule has 9 heteroatoms. The van der Waals surface area contributed by atoms with Crippen LogP contribution in [0.2, 0.25) is 0 Å². The van der Waals surface area contributed by atoms with Crippen LogP contribution in [0.3, 0.4) is 0 Å². The molecule has 0 aliphatic carbocycles. The number of nitrogens with zero attached hydrogens (tertiary/aromatic N) is 3. The molecule has 0 amide bonds. The van der Waals surface area contributed by atoms with E-state index in [-0.39, 0.29) is 24.2 Å². The fourth-order valence-electron chi connectivity index (χ4n) is 2.16. The number of sulfonamides is 1. The van der Waals surface area contributed by atoms with Crippen molar-refractivity contribution in [2.45, 2.75) is 18.1 Å². The lowest BCUT2D eigenvalue weighted by atomic mass is 10.2. The van der Waals surface area contributed by atoms with Gasteiger partial charge in [-0.3, -0.25) is 0 Å². The van der Waals surface area contributed by atoms with Crippen LogP contribution in [0.1, 0.15) is 5.76 Å². The Morgan fingerprint density at radius 1 is 1.36 bits per heavy atom. The molecule has 8 nitrogen and oxygen atoms in total. The first-order valence-corrected chi connectivity index (χ1v) is 8.05. The van der Waals surface area contributed by atoms with Crippen LogP contribution in [-0.2, 0) is 17.1 Å². The molecule has 1 saturated heterocycles. The predicted octanol–water partition coefficient (Wildman–Crippen LogP) is 0.134. The first-order valence-electron chi connectivity index (χ1n) is 6.61. The summed E-state index contributed by atoms with van der Waals surface area (Å²) in [6, 6.07) is 2.83. The van der Waals surface area contributed by atoms with Gasteiger partial charge in [0.25, 0.3) is 10.0 Å². The summed E-state index contributed by atoms with van der Waals surface area (Å²) in [7, 11) is -1.88. The molecule has 0 bridgehead atoms. The Morgan fingerprint density at radius 2 is 2.09 bits per heavy atom. The second kappa shape index (κ2) is 5.25. The Labute approximate surface area is 127 Å². The Balaban J connectivity index is 1.66. The van der Waals surface area contributed by atoms with Gasteiger partial charge in [0.05, 0.1) is 25.5 Å². The van der Waals surface area contributed by atoms with Gasteiger partial charge in [-0.1, -0.05) is 0 Å². The molecule has 0 radical (unpaired) electrons. The summed E-state index contributed by atoms with van der Waals surface area (Å²) in [5, 5.41) is 0.0182. The van der Waals surface area contributed by atoms with Gasteiger partial charge < -0.3 is 13.7 Å². The van der Waals surface area contributed by atoms with Gasteiger partial charge >= 0.3 is 5.63 Å². The van der Waals surface area contributed by atoms with Gasteiger partial charge in [-0.15, -0.1) is 0 Å². The predicted molar refractivity (Wildman–Crippen MR) is 76.1 cm³/mol.